The van der Waals surface area contributed by atoms with E-state index in [0.717, 1.165) is 5.56 Å². The van der Waals surface area contributed by atoms with E-state index in [2.05, 4.69) is 4.98 Å². The summed E-state index contributed by atoms with van der Waals surface area (Å²) in [5.74, 6) is -0.442. The fraction of sp³-hybridized carbons (Fsp3) is 0. The van der Waals surface area contributed by atoms with Crippen molar-refractivity contribution in [1.29, 1.82) is 0 Å². The Hall–Kier alpha value is -1.12. The maximum Gasteiger partial charge on any atom is 0.141 e. The van der Waals surface area contributed by atoms with Gasteiger partial charge in [-0.1, -0.05) is 29.3 Å². The molecule has 0 atom stereocenters. The zero-order chi connectivity index (χ0) is 10.8. The first-order valence-corrected chi connectivity index (χ1v) is 5.00. The topological polar surface area (TPSA) is 12.9 Å². The van der Waals surface area contributed by atoms with Gasteiger partial charge in [0, 0.05) is 5.56 Å². The van der Waals surface area contributed by atoms with Gasteiger partial charge >= 0.3 is 0 Å². The Morgan fingerprint density at radius 3 is 2.53 bits per heavy atom. The summed E-state index contributed by atoms with van der Waals surface area (Å²) in [5.41, 5.74) is 1.41. The number of nitrogens with zero attached hydrogens (tertiary/aromatic N) is 1. The molecule has 1 aromatic carbocycles. The zero-order valence-corrected chi connectivity index (χ0v) is 9.06. The normalized spacial score (nSPS) is 10.3. The van der Waals surface area contributed by atoms with E-state index in [1.54, 1.807) is 24.3 Å². The summed E-state index contributed by atoms with van der Waals surface area (Å²) in [6.07, 6.45) is 0. The second-order valence-corrected chi connectivity index (χ2v) is 3.77. The van der Waals surface area contributed by atoms with Crippen molar-refractivity contribution in [3.63, 3.8) is 0 Å². The fourth-order valence-corrected chi connectivity index (χ4v) is 1.57. The standard InChI is InChI=1S/C11H6Cl2FN/c12-8-6-7(4-5-9(8)14)10-2-1-3-11(13)15-10/h1-6H. The first-order chi connectivity index (χ1) is 7.16. The number of rotatable bonds is 1. The predicted octanol–water partition coefficient (Wildman–Crippen LogP) is 4.19. The van der Waals surface area contributed by atoms with Crippen molar-refractivity contribution in [3.05, 3.63) is 52.4 Å². The molecule has 0 unspecified atom stereocenters. The number of hydrogen-bond donors (Lipinski definition) is 0. The Morgan fingerprint density at radius 2 is 1.87 bits per heavy atom. The monoisotopic (exact) mass is 241 g/mol. The molecule has 1 nitrogen and oxygen atoms in total. The molecule has 0 bridgehead atoms. The van der Waals surface area contributed by atoms with Crippen molar-refractivity contribution >= 4 is 23.2 Å². The molecule has 2 aromatic rings. The summed E-state index contributed by atoms with van der Waals surface area (Å²) in [6, 6.07) is 9.68. The van der Waals surface area contributed by atoms with Crippen molar-refractivity contribution < 1.29 is 4.39 Å². The lowest BCUT2D eigenvalue weighted by molar-refractivity contribution is 0.628. The molecular formula is C11H6Cl2FN. The fourth-order valence-electron chi connectivity index (χ4n) is 1.22. The van der Waals surface area contributed by atoms with E-state index in [-0.39, 0.29) is 5.02 Å². The molecule has 0 radical (unpaired) electrons. The third kappa shape index (κ3) is 2.28. The summed E-state index contributed by atoms with van der Waals surface area (Å²) >= 11 is 11.4. The maximum absolute atomic E-state index is 12.9. The smallest absolute Gasteiger partial charge is 0.141 e. The molecule has 76 valence electrons. The number of halogens is 3. The second kappa shape index (κ2) is 4.17. The molecule has 0 aliphatic heterocycles. The SMILES string of the molecule is Fc1ccc(-c2cccc(Cl)n2)cc1Cl. The van der Waals surface area contributed by atoms with E-state index in [1.807, 2.05) is 0 Å². The summed E-state index contributed by atoms with van der Waals surface area (Å²) in [6.45, 7) is 0. The molecule has 0 amide bonds. The Kier molecular flexibility index (Phi) is 2.89. The Bertz CT molecular complexity index is 500. The number of pyridine rings is 1. The van der Waals surface area contributed by atoms with Gasteiger partial charge in [-0.25, -0.2) is 9.37 Å². The minimum atomic E-state index is -0.442. The van der Waals surface area contributed by atoms with Crippen LogP contribution in [-0.2, 0) is 0 Å². The molecule has 15 heavy (non-hydrogen) atoms. The van der Waals surface area contributed by atoms with Gasteiger partial charge in [-0.05, 0) is 30.3 Å². The van der Waals surface area contributed by atoms with E-state index in [4.69, 9.17) is 23.2 Å². The van der Waals surface area contributed by atoms with Crippen molar-refractivity contribution in [2.24, 2.45) is 0 Å². The highest BCUT2D eigenvalue weighted by molar-refractivity contribution is 6.31. The van der Waals surface area contributed by atoms with Crippen LogP contribution >= 0.6 is 23.2 Å². The zero-order valence-electron chi connectivity index (χ0n) is 7.55. The summed E-state index contributed by atoms with van der Waals surface area (Å²) in [7, 11) is 0. The van der Waals surface area contributed by atoms with Gasteiger partial charge in [-0.2, -0.15) is 0 Å². The average molecular weight is 242 g/mol. The van der Waals surface area contributed by atoms with Gasteiger partial charge in [0.05, 0.1) is 10.7 Å². The molecule has 4 heteroatoms. The van der Waals surface area contributed by atoms with Crippen LogP contribution in [0.5, 0.6) is 0 Å². The largest absolute Gasteiger partial charge is 0.236 e. The highest BCUT2D eigenvalue weighted by Gasteiger charge is 2.04. The van der Waals surface area contributed by atoms with Crippen LogP contribution in [-0.4, -0.2) is 4.98 Å². The summed E-state index contributed by atoms with van der Waals surface area (Å²) < 4.78 is 12.9. The predicted molar refractivity (Wildman–Crippen MR) is 59.7 cm³/mol. The van der Waals surface area contributed by atoms with E-state index in [0.29, 0.717) is 10.8 Å². The van der Waals surface area contributed by atoms with Gasteiger partial charge < -0.3 is 0 Å². The first kappa shape index (κ1) is 10.4. The number of hydrogen-bond acceptors (Lipinski definition) is 1. The van der Waals surface area contributed by atoms with Crippen LogP contribution in [0, 0.1) is 5.82 Å². The van der Waals surface area contributed by atoms with E-state index in [9.17, 15) is 4.39 Å². The molecule has 0 N–H and O–H groups in total. The molecule has 0 spiro atoms. The number of benzene rings is 1. The lowest BCUT2D eigenvalue weighted by Gasteiger charge is -2.02. The van der Waals surface area contributed by atoms with E-state index in [1.165, 1.54) is 12.1 Å². The van der Waals surface area contributed by atoms with Crippen molar-refractivity contribution in [3.8, 4) is 11.3 Å². The van der Waals surface area contributed by atoms with E-state index < -0.39 is 5.82 Å². The second-order valence-electron chi connectivity index (χ2n) is 2.97. The van der Waals surface area contributed by atoms with Crippen LogP contribution in [0.15, 0.2) is 36.4 Å². The lowest BCUT2D eigenvalue weighted by atomic mass is 10.1. The molecule has 2 rings (SSSR count). The quantitative estimate of drug-likeness (QED) is 0.683. The van der Waals surface area contributed by atoms with Crippen LogP contribution in [0.3, 0.4) is 0 Å². The van der Waals surface area contributed by atoms with Gasteiger partial charge in [0.15, 0.2) is 0 Å². The van der Waals surface area contributed by atoms with Crippen molar-refractivity contribution in [2.45, 2.75) is 0 Å². The number of aromatic nitrogens is 1. The molecule has 0 aliphatic carbocycles. The highest BCUT2D eigenvalue weighted by Crippen LogP contribution is 2.24. The lowest BCUT2D eigenvalue weighted by Crippen LogP contribution is -1.85. The average Bonchev–Trinajstić information content (AvgIpc) is 2.22. The Morgan fingerprint density at radius 1 is 1.07 bits per heavy atom. The summed E-state index contributed by atoms with van der Waals surface area (Å²) in [4.78, 5) is 4.10. The van der Waals surface area contributed by atoms with Crippen molar-refractivity contribution in [2.75, 3.05) is 0 Å². The van der Waals surface area contributed by atoms with Crippen LogP contribution < -0.4 is 0 Å². The molecular weight excluding hydrogens is 236 g/mol. The highest BCUT2D eigenvalue weighted by atomic mass is 35.5. The van der Waals surface area contributed by atoms with Crippen LogP contribution in [0.1, 0.15) is 0 Å². The van der Waals surface area contributed by atoms with Gasteiger partial charge in [-0.3, -0.25) is 0 Å². The van der Waals surface area contributed by atoms with Gasteiger partial charge in [0.1, 0.15) is 11.0 Å². The van der Waals surface area contributed by atoms with E-state index >= 15 is 0 Å². The summed E-state index contributed by atoms with van der Waals surface area (Å²) in [5, 5.41) is 0.474. The first-order valence-electron chi connectivity index (χ1n) is 4.25. The molecule has 1 aromatic heterocycles. The van der Waals surface area contributed by atoms with Gasteiger partial charge in [0.25, 0.3) is 0 Å². The van der Waals surface area contributed by atoms with Crippen LogP contribution in [0.25, 0.3) is 11.3 Å². The van der Waals surface area contributed by atoms with Crippen LogP contribution in [0.4, 0.5) is 4.39 Å². The molecule has 0 fully saturated rings. The molecule has 0 saturated carbocycles. The Balaban J connectivity index is 2.50. The maximum atomic E-state index is 12.9. The molecule has 0 aliphatic rings. The molecule has 0 saturated heterocycles. The molecule has 1 heterocycles. The Labute approximate surface area is 96.5 Å². The van der Waals surface area contributed by atoms with Gasteiger partial charge in [0.2, 0.25) is 0 Å². The van der Waals surface area contributed by atoms with Crippen LogP contribution in [0.2, 0.25) is 10.2 Å². The van der Waals surface area contributed by atoms with Crippen molar-refractivity contribution in [1.82, 2.24) is 4.98 Å². The minimum absolute atomic E-state index is 0.0780. The van der Waals surface area contributed by atoms with Gasteiger partial charge in [-0.15, -0.1) is 0 Å². The minimum Gasteiger partial charge on any atom is -0.236 e. The third-order valence-corrected chi connectivity index (χ3v) is 2.43. The third-order valence-electron chi connectivity index (χ3n) is 1.93.